The lowest BCUT2D eigenvalue weighted by molar-refractivity contribution is -0.0486. The third-order valence-electron chi connectivity index (χ3n) is 9.16. The van der Waals surface area contributed by atoms with Gasteiger partial charge in [-0.3, -0.25) is 9.69 Å². The van der Waals surface area contributed by atoms with Gasteiger partial charge in [0.25, 0.3) is 5.56 Å². The van der Waals surface area contributed by atoms with Crippen LogP contribution in [0.2, 0.25) is 0 Å². The van der Waals surface area contributed by atoms with Crippen molar-refractivity contribution < 1.29 is 9.53 Å². The number of nitrogens with zero attached hydrogens (tertiary/aromatic N) is 3. The number of esters is 1. The van der Waals surface area contributed by atoms with Gasteiger partial charge in [0.05, 0.1) is 17.6 Å². The van der Waals surface area contributed by atoms with Crippen molar-refractivity contribution in [2.24, 2.45) is 11.8 Å². The van der Waals surface area contributed by atoms with Gasteiger partial charge in [0.1, 0.15) is 0 Å². The monoisotopic (exact) mass is 463 g/mol. The van der Waals surface area contributed by atoms with Crippen LogP contribution in [0.25, 0.3) is 11.0 Å². The van der Waals surface area contributed by atoms with E-state index in [1.807, 2.05) is 28.8 Å². The van der Waals surface area contributed by atoms with Gasteiger partial charge in [-0.1, -0.05) is 37.8 Å². The summed E-state index contributed by atoms with van der Waals surface area (Å²) in [4.78, 5) is 33.5. The van der Waals surface area contributed by atoms with Crippen molar-refractivity contribution in [2.75, 3.05) is 6.61 Å². The Bertz CT molecular complexity index is 1100. The summed E-state index contributed by atoms with van der Waals surface area (Å²) in [6, 6.07) is 9.63. The Kier molecular flexibility index (Phi) is 5.96. The van der Waals surface area contributed by atoms with E-state index in [0.29, 0.717) is 17.6 Å². The standard InChI is InChI=1S/C28H37N3O3/c1-2-34-28(33)26-27(32)31(25-12-4-3-11-24(25)29-26)23-16-20-9-6-10-21(17-23)30(20)22-14-18-7-5-8-19(13-18)15-22/h3-4,11-12,18-23H,2,5-10,13-17H2,1H3/t18?,19?,20-,21?,22?,23+/m1/s1. The molecule has 0 spiro atoms. The molecular formula is C28H37N3O3. The Morgan fingerprint density at radius 2 is 1.59 bits per heavy atom. The molecule has 0 N–H and O–H groups in total. The van der Waals surface area contributed by atoms with Gasteiger partial charge in [0.15, 0.2) is 0 Å². The molecule has 3 heterocycles. The lowest BCUT2D eigenvalue weighted by atomic mass is 9.68. The lowest BCUT2D eigenvalue weighted by Gasteiger charge is -2.55. The quantitative estimate of drug-likeness (QED) is 0.590. The number of carbonyl (C=O) groups is 1. The number of rotatable bonds is 4. The maximum Gasteiger partial charge on any atom is 0.362 e. The average molecular weight is 464 g/mol. The Morgan fingerprint density at radius 3 is 2.29 bits per heavy atom. The highest BCUT2D eigenvalue weighted by Crippen LogP contribution is 2.47. The molecule has 6 heteroatoms. The summed E-state index contributed by atoms with van der Waals surface area (Å²) in [5.41, 5.74) is 1.16. The average Bonchev–Trinajstić information content (AvgIpc) is 2.82. The number of benzene rings is 1. The van der Waals surface area contributed by atoms with Gasteiger partial charge in [-0.15, -0.1) is 0 Å². The highest BCUT2D eigenvalue weighted by Gasteiger charge is 2.45. The zero-order chi connectivity index (χ0) is 23.2. The molecule has 2 saturated carbocycles. The Morgan fingerprint density at radius 1 is 0.912 bits per heavy atom. The van der Waals surface area contributed by atoms with Crippen LogP contribution in [0.5, 0.6) is 0 Å². The third-order valence-corrected chi connectivity index (χ3v) is 9.16. The van der Waals surface area contributed by atoms with Crippen LogP contribution in [0.4, 0.5) is 0 Å². The van der Waals surface area contributed by atoms with Crippen molar-refractivity contribution in [1.29, 1.82) is 0 Å². The van der Waals surface area contributed by atoms with Crippen molar-refractivity contribution in [1.82, 2.24) is 14.5 Å². The van der Waals surface area contributed by atoms with E-state index in [1.165, 1.54) is 57.8 Å². The molecule has 0 radical (unpaired) electrons. The van der Waals surface area contributed by atoms with Gasteiger partial charge in [0, 0.05) is 24.2 Å². The predicted molar refractivity (Wildman–Crippen MR) is 132 cm³/mol. The van der Waals surface area contributed by atoms with Crippen LogP contribution in [0, 0.1) is 11.8 Å². The molecule has 2 aliphatic heterocycles. The maximum absolute atomic E-state index is 13.6. The van der Waals surface area contributed by atoms with Crippen LogP contribution in [-0.4, -0.2) is 45.2 Å². The Balaban J connectivity index is 1.34. The fraction of sp³-hybridized carbons (Fsp3) is 0.679. The molecule has 182 valence electrons. The van der Waals surface area contributed by atoms with Crippen molar-refractivity contribution in [2.45, 2.75) is 102 Å². The second-order valence-electron chi connectivity index (χ2n) is 11.2. The minimum absolute atomic E-state index is 0.0757. The summed E-state index contributed by atoms with van der Waals surface area (Å²) in [6.07, 6.45) is 14.2. The third kappa shape index (κ3) is 3.88. The molecule has 4 bridgehead atoms. The van der Waals surface area contributed by atoms with Crippen LogP contribution < -0.4 is 5.56 Å². The van der Waals surface area contributed by atoms with Gasteiger partial charge in [-0.05, 0) is 75.8 Å². The van der Waals surface area contributed by atoms with Gasteiger partial charge >= 0.3 is 5.97 Å². The SMILES string of the molecule is CCOC(=O)c1nc2ccccc2n([C@@H]2CC3CCC[C@H](C2)N3C2CC3CCCC(C3)C2)c1=O. The fourth-order valence-electron chi connectivity index (χ4n) is 7.98. The number of aromatic nitrogens is 2. The van der Waals surface area contributed by atoms with Crippen LogP contribution in [-0.2, 0) is 4.74 Å². The van der Waals surface area contributed by atoms with Crippen LogP contribution in [0.3, 0.4) is 0 Å². The predicted octanol–water partition coefficient (Wildman–Crippen LogP) is 5.10. The number of piperidine rings is 2. The van der Waals surface area contributed by atoms with E-state index in [0.717, 1.165) is 36.2 Å². The van der Waals surface area contributed by atoms with E-state index in [4.69, 9.17) is 4.74 Å². The van der Waals surface area contributed by atoms with E-state index in [1.54, 1.807) is 6.92 Å². The molecule has 6 nitrogen and oxygen atoms in total. The molecule has 34 heavy (non-hydrogen) atoms. The molecule has 3 unspecified atom stereocenters. The van der Waals surface area contributed by atoms with Crippen LogP contribution in [0.1, 0.15) is 94.1 Å². The summed E-state index contributed by atoms with van der Waals surface area (Å²) < 4.78 is 7.08. The molecule has 2 aliphatic carbocycles. The van der Waals surface area contributed by atoms with E-state index in [-0.39, 0.29) is 23.9 Å². The number of ether oxygens (including phenoxy) is 1. The van der Waals surface area contributed by atoms with E-state index < -0.39 is 5.97 Å². The molecule has 6 rings (SSSR count). The second-order valence-corrected chi connectivity index (χ2v) is 11.2. The first-order chi connectivity index (χ1) is 16.6. The molecule has 2 aromatic rings. The summed E-state index contributed by atoms with van der Waals surface area (Å²) in [7, 11) is 0. The summed E-state index contributed by atoms with van der Waals surface area (Å²) in [5.74, 6) is 1.24. The summed E-state index contributed by atoms with van der Waals surface area (Å²) >= 11 is 0. The van der Waals surface area contributed by atoms with Gasteiger partial charge in [0.2, 0.25) is 5.69 Å². The number of para-hydroxylation sites is 2. The second kappa shape index (κ2) is 9.10. The Hall–Kier alpha value is -2.21. The van der Waals surface area contributed by atoms with Gasteiger partial charge in [-0.2, -0.15) is 0 Å². The van der Waals surface area contributed by atoms with Crippen molar-refractivity contribution in [3.05, 3.63) is 40.3 Å². The summed E-state index contributed by atoms with van der Waals surface area (Å²) in [6.45, 7) is 1.99. The Labute approximate surface area is 201 Å². The molecule has 4 aliphatic rings. The minimum Gasteiger partial charge on any atom is -0.461 e. The van der Waals surface area contributed by atoms with Gasteiger partial charge < -0.3 is 9.30 Å². The normalized spacial score (nSPS) is 33.6. The molecule has 5 atom stereocenters. The van der Waals surface area contributed by atoms with E-state index in [9.17, 15) is 9.59 Å². The topological polar surface area (TPSA) is 64.4 Å². The number of fused-ring (bicyclic) bond motifs is 5. The van der Waals surface area contributed by atoms with Gasteiger partial charge in [-0.25, -0.2) is 9.78 Å². The zero-order valence-corrected chi connectivity index (χ0v) is 20.3. The minimum atomic E-state index is -0.613. The summed E-state index contributed by atoms with van der Waals surface area (Å²) in [5, 5.41) is 0. The van der Waals surface area contributed by atoms with E-state index >= 15 is 0 Å². The molecule has 2 saturated heterocycles. The first-order valence-electron chi connectivity index (χ1n) is 13.6. The zero-order valence-electron chi connectivity index (χ0n) is 20.3. The smallest absolute Gasteiger partial charge is 0.362 e. The largest absolute Gasteiger partial charge is 0.461 e. The van der Waals surface area contributed by atoms with Crippen molar-refractivity contribution in [3.8, 4) is 0 Å². The molecule has 0 amide bonds. The van der Waals surface area contributed by atoms with Crippen molar-refractivity contribution in [3.63, 3.8) is 0 Å². The lowest BCUT2D eigenvalue weighted by Crippen LogP contribution is -2.58. The first kappa shape index (κ1) is 22.3. The highest BCUT2D eigenvalue weighted by molar-refractivity contribution is 5.89. The molecule has 1 aromatic heterocycles. The number of hydrogen-bond donors (Lipinski definition) is 0. The number of hydrogen-bond acceptors (Lipinski definition) is 5. The van der Waals surface area contributed by atoms with Crippen molar-refractivity contribution >= 4 is 17.0 Å². The molecule has 4 fully saturated rings. The van der Waals surface area contributed by atoms with Crippen LogP contribution in [0.15, 0.2) is 29.1 Å². The fourth-order valence-corrected chi connectivity index (χ4v) is 7.98. The first-order valence-corrected chi connectivity index (χ1v) is 13.6. The highest BCUT2D eigenvalue weighted by atomic mass is 16.5. The maximum atomic E-state index is 13.6. The number of carbonyl (C=O) groups excluding carboxylic acids is 1. The van der Waals surface area contributed by atoms with E-state index in [2.05, 4.69) is 9.88 Å². The molecular weight excluding hydrogens is 426 g/mol. The molecule has 1 aromatic carbocycles. The van der Waals surface area contributed by atoms with Crippen LogP contribution >= 0.6 is 0 Å².